The van der Waals surface area contributed by atoms with Gasteiger partial charge in [-0.15, -0.1) is 0 Å². The Morgan fingerprint density at radius 3 is 1.82 bits per heavy atom. The normalized spacial score (nSPS) is 19.4. The van der Waals surface area contributed by atoms with E-state index in [1.807, 2.05) is 67.5 Å². The Kier molecular flexibility index (Phi) is 5.63. The first-order valence-electron chi connectivity index (χ1n) is 12.0. The molecule has 0 unspecified atom stereocenters. The number of hydrogen-bond acceptors (Lipinski definition) is 4. The van der Waals surface area contributed by atoms with Crippen molar-refractivity contribution in [2.24, 2.45) is 11.8 Å². The summed E-state index contributed by atoms with van der Waals surface area (Å²) < 4.78 is 0. The summed E-state index contributed by atoms with van der Waals surface area (Å²) in [6.45, 7) is 15.0. The minimum Gasteiger partial charge on any atom is -0.294 e. The second-order valence-electron chi connectivity index (χ2n) is 10.7. The Morgan fingerprint density at radius 1 is 0.794 bits per heavy atom. The molecule has 4 rings (SSSR count). The van der Waals surface area contributed by atoms with E-state index < -0.39 is 5.41 Å². The minimum atomic E-state index is -0.834. The van der Waals surface area contributed by atoms with Crippen LogP contribution in [-0.4, -0.2) is 23.1 Å². The molecule has 0 amide bonds. The maximum Gasteiger partial charge on any atom is 0.191 e. The first-order valence-corrected chi connectivity index (χ1v) is 12.0. The fraction of sp³-hybridized carbons (Fsp3) is 0.400. The number of carbonyl (C=O) groups excluding carboxylic acids is 4. The van der Waals surface area contributed by atoms with Crippen molar-refractivity contribution in [3.05, 3.63) is 74.3 Å². The number of carbonyl (C=O) groups is 4. The van der Waals surface area contributed by atoms with Crippen molar-refractivity contribution in [3.63, 3.8) is 0 Å². The monoisotopic (exact) mass is 456 g/mol. The lowest BCUT2D eigenvalue weighted by atomic mass is 9.73. The molecule has 0 bridgehead atoms. The van der Waals surface area contributed by atoms with Crippen molar-refractivity contribution < 1.29 is 19.2 Å². The van der Waals surface area contributed by atoms with Crippen LogP contribution in [0.25, 0.3) is 5.57 Å². The van der Waals surface area contributed by atoms with Gasteiger partial charge in [-0.25, -0.2) is 0 Å². The summed E-state index contributed by atoms with van der Waals surface area (Å²) in [5.74, 6) is -0.342. The maximum absolute atomic E-state index is 13.8. The van der Waals surface area contributed by atoms with Gasteiger partial charge in [-0.2, -0.15) is 0 Å². The van der Waals surface area contributed by atoms with Crippen LogP contribution < -0.4 is 0 Å². The standard InChI is InChI=1S/C30H32O4/c1-14(2)27(32)19-9-16(5)24-21(11-19)18(7)26(29(24)34)30(8)13-23(31)25-17(6)10-20(12-22(25)30)28(33)15(3)4/h9-12,14-15H,13H2,1-8H3/t30-/m0/s1. The van der Waals surface area contributed by atoms with Gasteiger partial charge in [-0.3, -0.25) is 19.2 Å². The third kappa shape index (κ3) is 3.34. The number of aryl methyl sites for hydroxylation is 2. The molecule has 0 saturated carbocycles. The van der Waals surface area contributed by atoms with Crippen LogP contribution in [0.2, 0.25) is 0 Å². The van der Waals surface area contributed by atoms with Gasteiger partial charge in [0.2, 0.25) is 0 Å². The highest BCUT2D eigenvalue weighted by Gasteiger charge is 2.49. The van der Waals surface area contributed by atoms with Crippen LogP contribution >= 0.6 is 0 Å². The molecule has 2 aliphatic rings. The lowest BCUT2D eigenvalue weighted by Crippen LogP contribution is -2.27. The van der Waals surface area contributed by atoms with Gasteiger partial charge in [0.25, 0.3) is 0 Å². The topological polar surface area (TPSA) is 68.3 Å². The van der Waals surface area contributed by atoms with Crippen LogP contribution in [-0.2, 0) is 5.41 Å². The number of hydrogen-bond donors (Lipinski definition) is 0. The molecule has 2 aliphatic carbocycles. The predicted octanol–water partition coefficient (Wildman–Crippen LogP) is 6.49. The van der Waals surface area contributed by atoms with Crippen LogP contribution in [0.5, 0.6) is 0 Å². The number of fused-ring (bicyclic) bond motifs is 2. The molecule has 4 heteroatoms. The van der Waals surface area contributed by atoms with Gasteiger partial charge in [-0.05, 0) is 72.9 Å². The molecule has 2 aromatic carbocycles. The van der Waals surface area contributed by atoms with E-state index in [0.717, 1.165) is 27.8 Å². The van der Waals surface area contributed by atoms with Crippen molar-refractivity contribution in [2.45, 2.75) is 67.2 Å². The highest BCUT2D eigenvalue weighted by atomic mass is 16.1. The van der Waals surface area contributed by atoms with Crippen molar-refractivity contribution in [3.8, 4) is 0 Å². The number of rotatable bonds is 5. The van der Waals surface area contributed by atoms with E-state index >= 15 is 0 Å². The highest BCUT2D eigenvalue weighted by molar-refractivity contribution is 6.24. The van der Waals surface area contributed by atoms with E-state index in [4.69, 9.17) is 0 Å². The predicted molar refractivity (Wildman–Crippen MR) is 134 cm³/mol. The number of Topliss-reactive ketones (excluding diaryl/α,β-unsaturated/α-hetero) is 4. The summed E-state index contributed by atoms with van der Waals surface area (Å²) in [6, 6.07) is 7.25. The Bertz CT molecular complexity index is 1340. The molecule has 0 spiro atoms. The molecule has 0 N–H and O–H groups in total. The fourth-order valence-corrected chi connectivity index (χ4v) is 5.75. The van der Waals surface area contributed by atoms with E-state index in [-0.39, 0.29) is 41.4 Å². The van der Waals surface area contributed by atoms with E-state index in [1.54, 1.807) is 12.1 Å². The van der Waals surface area contributed by atoms with Gasteiger partial charge in [0.05, 0.1) is 0 Å². The molecule has 176 valence electrons. The first-order chi connectivity index (χ1) is 15.8. The lowest BCUT2D eigenvalue weighted by Gasteiger charge is -2.27. The smallest absolute Gasteiger partial charge is 0.191 e. The second kappa shape index (κ2) is 7.97. The largest absolute Gasteiger partial charge is 0.294 e. The SMILES string of the molecule is CC1=C([C@@]2(C)CC(=O)c3c(C)cc(C(=O)C(C)C)cc32)C(=O)c2c(C)cc(C(=O)C(C)C)cc21. The Hall–Kier alpha value is -3.14. The zero-order chi connectivity index (χ0) is 25.3. The minimum absolute atomic E-state index is 0.00463. The maximum atomic E-state index is 13.8. The summed E-state index contributed by atoms with van der Waals surface area (Å²) in [6.07, 6.45) is 0.186. The van der Waals surface area contributed by atoms with E-state index in [0.29, 0.717) is 27.8 Å². The summed E-state index contributed by atoms with van der Waals surface area (Å²) >= 11 is 0. The van der Waals surface area contributed by atoms with Crippen LogP contribution in [0, 0.1) is 25.7 Å². The lowest BCUT2D eigenvalue weighted by molar-refractivity contribution is 0.0932. The van der Waals surface area contributed by atoms with Crippen molar-refractivity contribution in [1.29, 1.82) is 0 Å². The second-order valence-corrected chi connectivity index (χ2v) is 10.7. The third-order valence-electron chi connectivity index (χ3n) is 7.46. The van der Waals surface area contributed by atoms with Gasteiger partial charge >= 0.3 is 0 Å². The molecule has 0 aromatic heterocycles. The van der Waals surface area contributed by atoms with Gasteiger partial charge in [0, 0.05) is 51.5 Å². The molecule has 0 heterocycles. The van der Waals surface area contributed by atoms with Crippen molar-refractivity contribution >= 4 is 28.7 Å². The van der Waals surface area contributed by atoms with Crippen molar-refractivity contribution in [1.82, 2.24) is 0 Å². The molecule has 34 heavy (non-hydrogen) atoms. The van der Waals surface area contributed by atoms with Crippen LogP contribution in [0.1, 0.15) is 112 Å². The van der Waals surface area contributed by atoms with E-state index in [9.17, 15) is 19.2 Å². The van der Waals surface area contributed by atoms with Crippen LogP contribution in [0.3, 0.4) is 0 Å². The molecule has 2 aromatic rings. The number of benzene rings is 2. The highest BCUT2D eigenvalue weighted by Crippen LogP contribution is 2.51. The third-order valence-corrected chi connectivity index (χ3v) is 7.46. The molecular weight excluding hydrogens is 424 g/mol. The van der Waals surface area contributed by atoms with Gasteiger partial charge in [0.1, 0.15) is 0 Å². The molecule has 1 atom stereocenters. The quantitative estimate of drug-likeness (QED) is 0.482. The summed E-state index contributed by atoms with van der Waals surface area (Å²) in [7, 11) is 0. The summed E-state index contributed by atoms with van der Waals surface area (Å²) in [4.78, 5) is 52.6. The van der Waals surface area contributed by atoms with Crippen LogP contribution in [0.4, 0.5) is 0 Å². The Labute approximate surface area is 201 Å². The van der Waals surface area contributed by atoms with E-state index in [1.165, 1.54) is 0 Å². The first kappa shape index (κ1) is 24.0. The Balaban J connectivity index is 1.94. The van der Waals surface area contributed by atoms with Gasteiger partial charge < -0.3 is 0 Å². The molecule has 4 nitrogen and oxygen atoms in total. The van der Waals surface area contributed by atoms with Gasteiger partial charge in [0.15, 0.2) is 23.1 Å². The average Bonchev–Trinajstić information content (AvgIpc) is 3.17. The molecular formula is C30H32O4. The Morgan fingerprint density at radius 2 is 1.29 bits per heavy atom. The van der Waals surface area contributed by atoms with E-state index in [2.05, 4.69) is 0 Å². The van der Waals surface area contributed by atoms with Crippen molar-refractivity contribution in [2.75, 3.05) is 0 Å². The zero-order valence-electron chi connectivity index (χ0n) is 21.3. The van der Waals surface area contributed by atoms with Crippen LogP contribution in [0.15, 0.2) is 29.8 Å². The average molecular weight is 457 g/mol. The number of ketones is 4. The summed E-state index contributed by atoms with van der Waals surface area (Å²) in [5, 5.41) is 0. The molecule has 0 aliphatic heterocycles. The zero-order valence-corrected chi connectivity index (χ0v) is 21.3. The number of allylic oxidation sites excluding steroid dienone is 2. The molecule has 0 fully saturated rings. The molecule has 0 saturated heterocycles. The fourth-order valence-electron chi connectivity index (χ4n) is 5.75. The molecule has 0 radical (unpaired) electrons. The summed E-state index contributed by atoms with van der Waals surface area (Å²) in [5.41, 5.74) is 6.07. The van der Waals surface area contributed by atoms with Gasteiger partial charge in [-0.1, -0.05) is 34.6 Å².